The fraction of sp³-hybridized carbons (Fsp3) is 0.412. The SMILES string of the molecule is O=C(NCCCCc1ccc(Cl)s1)[C@H]1C[C@H]1c1cccnc1. The smallest absolute Gasteiger partial charge is 0.223 e. The van der Waals surface area contributed by atoms with E-state index < -0.39 is 0 Å². The zero-order valence-electron chi connectivity index (χ0n) is 12.3. The van der Waals surface area contributed by atoms with Gasteiger partial charge >= 0.3 is 0 Å². The van der Waals surface area contributed by atoms with Crippen LogP contribution in [0.15, 0.2) is 36.7 Å². The summed E-state index contributed by atoms with van der Waals surface area (Å²) < 4.78 is 0.846. The molecule has 0 radical (unpaired) electrons. The highest BCUT2D eigenvalue weighted by Gasteiger charge is 2.43. The van der Waals surface area contributed by atoms with E-state index in [-0.39, 0.29) is 11.8 Å². The van der Waals surface area contributed by atoms with Gasteiger partial charge in [-0.05, 0) is 55.4 Å². The lowest BCUT2D eigenvalue weighted by Gasteiger charge is -2.04. The first-order valence-corrected chi connectivity index (χ1v) is 8.85. The van der Waals surface area contributed by atoms with Crippen molar-refractivity contribution in [2.45, 2.75) is 31.6 Å². The van der Waals surface area contributed by atoms with Gasteiger partial charge in [-0.1, -0.05) is 17.7 Å². The van der Waals surface area contributed by atoms with Crippen LogP contribution in [0.3, 0.4) is 0 Å². The van der Waals surface area contributed by atoms with E-state index in [2.05, 4.69) is 22.4 Å². The first kappa shape index (κ1) is 15.5. The van der Waals surface area contributed by atoms with Crippen molar-refractivity contribution in [3.05, 3.63) is 51.4 Å². The van der Waals surface area contributed by atoms with Gasteiger partial charge in [0.05, 0.1) is 4.34 Å². The molecular weight excluding hydrogens is 316 g/mol. The van der Waals surface area contributed by atoms with Gasteiger partial charge in [0.2, 0.25) is 5.91 Å². The first-order valence-electron chi connectivity index (χ1n) is 7.66. The normalized spacial score (nSPS) is 19.9. The number of hydrogen-bond donors (Lipinski definition) is 1. The Morgan fingerprint density at radius 3 is 3.00 bits per heavy atom. The third-order valence-corrected chi connectivity index (χ3v) is 5.31. The van der Waals surface area contributed by atoms with Crippen LogP contribution in [-0.4, -0.2) is 17.4 Å². The molecule has 5 heteroatoms. The van der Waals surface area contributed by atoms with Crippen LogP contribution in [0.25, 0.3) is 0 Å². The number of pyridine rings is 1. The van der Waals surface area contributed by atoms with Crippen LogP contribution in [0.4, 0.5) is 0 Å². The van der Waals surface area contributed by atoms with E-state index in [0.29, 0.717) is 5.92 Å². The third kappa shape index (κ3) is 4.08. The molecule has 0 spiro atoms. The molecule has 0 aromatic carbocycles. The molecule has 1 aliphatic rings. The van der Waals surface area contributed by atoms with Crippen LogP contribution in [0.5, 0.6) is 0 Å². The maximum Gasteiger partial charge on any atom is 0.223 e. The number of rotatable bonds is 7. The molecule has 0 saturated heterocycles. The molecule has 2 aromatic rings. The fourth-order valence-electron chi connectivity index (χ4n) is 2.70. The maximum absolute atomic E-state index is 12.1. The number of carbonyl (C=O) groups is 1. The van der Waals surface area contributed by atoms with Crippen molar-refractivity contribution in [3.8, 4) is 0 Å². The van der Waals surface area contributed by atoms with Crippen LogP contribution >= 0.6 is 22.9 Å². The number of aryl methyl sites for hydroxylation is 1. The van der Waals surface area contributed by atoms with Crippen LogP contribution in [0.2, 0.25) is 4.34 Å². The molecule has 3 nitrogen and oxygen atoms in total. The lowest BCUT2D eigenvalue weighted by molar-refractivity contribution is -0.122. The van der Waals surface area contributed by atoms with Gasteiger partial charge in [0.15, 0.2) is 0 Å². The maximum atomic E-state index is 12.1. The number of amides is 1. The monoisotopic (exact) mass is 334 g/mol. The molecule has 116 valence electrons. The van der Waals surface area contributed by atoms with E-state index >= 15 is 0 Å². The molecule has 1 fully saturated rings. The molecule has 2 atom stereocenters. The van der Waals surface area contributed by atoms with Gasteiger partial charge in [0.25, 0.3) is 0 Å². The van der Waals surface area contributed by atoms with Crippen molar-refractivity contribution in [2.24, 2.45) is 5.92 Å². The second-order valence-corrected chi connectivity index (χ2v) is 7.49. The van der Waals surface area contributed by atoms with Crippen molar-refractivity contribution in [1.29, 1.82) is 0 Å². The molecule has 2 heterocycles. The number of hydrogen-bond acceptors (Lipinski definition) is 3. The Balaban J connectivity index is 1.32. The largest absolute Gasteiger partial charge is 0.356 e. The van der Waals surface area contributed by atoms with Gasteiger partial charge in [-0.2, -0.15) is 0 Å². The number of halogens is 1. The van der Waals surface area contributed by atoms with Crippen molar-refractivity contribution in [1.82, 2.24) is 10.3 Å². The van der Waals surface area contributed by atoms with Gasteiger partial charge in [-0.25, -0.2) is 0 Å². The Kier molecular flexibility index (Phi) is 5.11. The minimum absolute atomic E-state index is 0.139. The zero-order chi connectivity index (χ0) is 15.4. The Labute approximate surface area is 139 Å². The standard InChI is InChI=1S/C17H19ClN2OS/c18-16-7-6-13(22-16)5-1-2-9-20-17(21)15-10-14(15)12-4-3-8-19-11-12/h3-4,6-8,11,14-15H,1-2,5,9-10H2,(H,20,21)/t14-,15-/m0/s1. The third-order valence-electron chi connectivity index (χ3n) is 4.02. The van der Waals surface area contributed by atoms with Crippen LogP contribution < -0.4 is 5.32 Å². The molecule has 0 bridgehead atoms. The highest BCUT2D eigenvalue weighted by molar-refractivity contribution is 7.16. The minimum atomic E-state index is 0.139. The second kappa shape index (κ2) is 7.25. The summed E-state index contributed by atoms with van der Waals surface area (Å²) in [5.74, 6) is 0.690. The summed E-state index contributed by atoms with van der Waals surface area (Å²) in [6.07, 6.45) is 7.70. The van der Waals surface area contributed by atoms with Crippen LogP contribution in [0, 0.1) is 5.92 Å². The molecule has 3 rings (SSSR count). The van der Waals surface area contributed by atoms with Crippen molar-refractivity contribution in [2.75, 3.05) is 6.54 Å². The molecule has 0 aliphatic heterocycles. The molecule has 0 unspecified atom stereocenters. The van der Waals surface area contributed by atoms with Gasteiger partial charge in [0.1, 0.15) is 0 Å². The molecule has 1 saturated carbocycles. The number of unbranched alkanes of at least 4 members (excludes halogenated alkanes) is 1. The molecule has 1 aliphatic carbocycles. The number of aromatic nitrogens is 1. The summed E-state index contributed by atoms with van der Waals surface area (Å²) in [5.41, 5.74) is 1.18. The summed E-state index contributed by atoms with van der Waals surface area (Å²) in [4.78, 5) is 17.5. The second-order valence-electron chi connectivity index (χ2n) is 5.69. The quantitative estimate of drug-likeness (QED) is 0.776. The van der Waals surface area contributed by atoms with E-state index in [1.54, 1.807) is 17.5 Å². The molecule has 1 amide bonds. The van der Waals surface area contributed by atoms with Gasteiger partial charge in [0, 0.05) is 29.7 Å². The fourth-order valence-corrected chi connectivity index (χ4v) is 3.83. The average molecular weight is 335 g/mol. The molecule has 1 N–H and O–H groups in total. The van der Waals surface area contributed by atoms with Crippen molar-refractivity contribution < 1.29 is 4.79 Å². The molecule has 2 aromatic heterocycles. The zero-order valence-corrected chi connectivity index (χ0v) is 13.9. The first-order chi connectivity index (χ1) is 10.7. The Hall–Kier alpha value is -1.39. The lowest BCUT2D eigenvalue weighted by atomic mass is 10.1. The predicted octanol–water partition coefficient (Wildman–Crippen LogP) is 4.04. The van der Waals surface area contributed by atoms with Gasteiger partial charge in [-0.3, -0.25) is 9.78 Å². The number of carbonyl (C=O) groups excluding carboxylic acids is 1. The predicted molar refractivity (Wildman–Crippen MR) is 90.4 cm³/mol. The summed E-state index contributed by atoms with van der Waals surface area (Å²) in [7, 11) is 0. The Morgan fingerprint density at radius 1 is 1.36 bits per heavy atom. The average Bonchev–Trinajstić information content (AvgIpc) is 3.24. The minimum Gasteiger partial charge on any atom is -0.356 e. The van der Waals surface area contributed by atoms with E-state index in [4.69, 9.17) is 11.6 Å². The number of nitrogens with zero attached hydrogens (tertiary/aromatic N) is 1. The molecule has 22 heavy (non-hydrogen) atoms. The summed E-state index contributed by atoms with van der Waals surface area (Å²) >= 11 is 7.54. The number of nitrogens with one attached hydrogen (secondary N) is 1. The van der Waals surface area contributed by atoms with Crippen LogP contribution in [-0.2, 0) is 11.2 Å². The van der Waals surface area contributed by atoms with Crippen LogP contribution in [0.1, 0.15) is 35.6 Å². The van der Waals surface area contributed by atoms with Crippen molar-refractivity contribution >= 4 is 28.8 Å². The van der Waals surface area contributed by atoms with E-state index in [0.717, 1.165) is 36.6 Å². The Morgan fingerprint density at radius 2 is 2.27 bits per heavy atom. The molecular formula is C17H19ClN2OS. The summed E-state index contributed by atoms with van der Waals surface area (Å²) in [6.45, 7) is 0.758. The highest BCUT2D eigenvalue weighted by atomic mass is 35.5. The Bertz CT molecular complexity index is 629. The van der Waals surface area contributed by atoms with Gasteiger partial charge < -0.3 is 5.32 Å². The van der Waals surface area contributed by atoms with Gasteiger partial charge in [-0.15, -0.1) is 11.3 Å². The topological polar surface area (TPSA) is 42.0 Å². The summed E-state index contributed by atoms with van der Waals surface area (Å²) in [6, 6.07) is 8.00. The van der Waals surface area contributed by atoms with Crippen molar-refractivity contribution in [3.63, 3.8) is 0 Å². The highest BCUT2D eigenvalue weighted by Crippen LogP contribution is 2.47. The number of thiophene rings is 1. The van der Waals surface area contributed by atoms with E-state index in [9.17, 15) is 4.79 Å². The van der Waals surface area contributed by atoms with E-state index in [1.165, 1.54) is 10.4 Å². The lowest BCUT2D eigenvalue weighted by Crippen LogP contribution is -2.26. The summed E-state index contributed by atoms with van der Waals surface area (Å²) in [5, 5.41) is 3.05. The van der Waals surface area contributed by atoms with E-state index in [1.807, 2.05) is 18.3 Å².